The van der Waals surface area contributed by atoms with Crippen LogP contribution in [0.15, 0.2) is 77.9 Å². The normalized spacial score (nSPS) is 11.6. The first kappa shape index (κ1) is 26.2. The Morgan fingerprint density at radius 2 is 1.63 bits per heavy atom. The lowest BCUT2D eigenvalue weighted by molar-refractivity contribution is -0.119. The number of nitrogens with one attached hydrogen (secondary N) is 2. The zero-order valence-corrected chi connectivity index (χ0v) is 21.2. The van der Waals surface area contributed by atoms with Crippen molar-refractivity contribution in [1.29, 1.82) is 0 Å². The second-order valence-electron chi connectivity index (χ2n) is 7.50. The molecule has 0 aromatic heterocycles. The summed E-state index contributed by atoms with van der Waals surface area (Å²) in [5, 5.41) is 7.27. The van der Waals surface area contributed by atoms with E-state index in [1.54, 1.807) is 55.5 Å². The summed E-state index contributed by atoms with van der Waals surface area (Å²) < 4.78 is 25.4. The van der Waals surface area contributed by atoms with Crippen LogP contribution in [0.5, 0.6) is 0 Å². The Morgan fingerprint density at radius 3 is 2.31 bits per heavy atom. The van der Waals surface area contributed by atoms with Gasteiger partial charge < -0.3 is 5.32 Å². The van der Waals surface area contributed by atoms with Crippen LogP contribution in [0.25, 0.3) is 0 Å². The van der Waals surface area contributed by atoms with Gasteiger partial charge in [0.25, 0.3) is 11.8 Å². The average Bonchev–Trinajstić information content (AvgIpc) is 2.82. The number of rotatable bonds is 8. The molecule has 35 heavy (non-hydrogen) atoms. The van der Waals surface area contributed by atoms with Gasteiger partial charge in [-0.1, -0.05) is 53.5 Å². The summed E-state index contributed by atoms with van der Waals surface area (Å²) in [6.45, 7) is 1.11. The van der Waals surface area contributed by atoms with Crippen LogP contribution >= 0.6 is 23.2 Å². The van der Waals surface area contributed by atoms with Gasteiger partial charge in [0, 0.05) is 16.3 Å². The van der Waals surface area contributed by atoms with Gasteiger partial charge in [0.2, 0.25) is 10.0 Å². The molecule has 3 rings (SSSR count). The first-order valence-corrected chi connectivity index (χ1v) is 12.9. The van der Waals surface area contributed by atoms with Crippen LogP contribution in [-0.2, 0) is 14.8 Å². The van der Waals surface area contributed by atoms with Gasteiger partial charge in [-0.25, -0.2) is 13.8 Å². The van der Waals surface area contributed by atoms with Gasteiger partial charge in [-0.15, -0.1) is 0 Å². The van der Waals surface area contributed by atoms with Crippen molar-refractivity contribution in [3.05, 3.63) is 94.0 Å². The van der Waals surface area contributed by atoms with Crippen molar-refractivity contribution in [2.45, 2.75) is 6.92 Å². The fourth-order valence-corrected chi connectivity index (χ4v) is 4.35. The third-order valence-electron chi connectivity index (χ3n) is 4.79. The molecule has 0 radical (unpaired) electrons. The maximum absolute atomic E-state index is 12.5. The number of carbonyl (C=O) groups is 2. The van der Waals surface area contributed by atoms with E-state index in [-0.39, 0.29) is 21.6 Å². The molecule has 3 aromatic carbocycles. The highest BCUT2D eigenvalue weighted by molar-refractivity contribution is 7.92. The summed E-state index contributed by atoms with van der Waals surface area (Å²) in [5.74, 6) is -0.939. The Labute approximate surface area is 213 Å². The van der Waals surface area contributed by atoms with Gasteiger partial charge >= 0.3 is 0 Å². The molecule has 11 heteroatoms. The van der Waals surface area contributed by atoms with Crippen molar-refractivity contribution in [3.63, 3.8) is 0 Å². The van der Waals surface area contributed by atoms with Crippen molar-refractivity contribution in [2.75, 3.05) is 22.4 Å². The average molecular weight is 533 g/mol. The monoisotopic (exact) mass is 532 g/mol. The minimum absolute atomic E-state index is 0.0828. The Hall–Kier alpha value is -3.40. The van der Waals surface area contributed by atoms with E-state index in [1.165, 1.54) is 18.2 Å². The second kappa shape index (κ2) is 11.4. The quantitative estimate of drug-likeness (QED) is 0.327. The van der Waals surface area contributed by atoms with E-state index in [1.807, 2.05) is 6.07 Å². The summed E-state index contributed by atoms with van der Waals surface area (Å²) in [6.07, 6.45) is 0.960. The molecule has 0 atom stereocenters. The van der Waals surface area contributed by atoms with Crippen LogP contribution in [0.2, 0.25) is 10.0 Å². The largest absolute Gasteiger partial charge is 0.322 e. The smallest absolute Gasteiger partial charge is 0.260 e. The maximum Gasteiger partial charge on any atom is 0.260 e. The Balaban J connectivity index is 1.71. The molecule has 182 valence electrons. The summed E-state index contributed by atoms with van der Waals surface area (Å²) in [4.78, 5) is 24.9. The number of hydrogen-bond acceptors (Lipinski definition) is 5. The number of carbonyl (C=O) groups excluding carboxylic acids is 2. The van der Waals surface area contributed by atoms with E-state index in [0.717, 1.165) is 10.6 Å². The van der Waals surface area contributed by atoms with E-state index in [0.29, 0.717) is 22.5 Å². The molecule has 0 aliphatic carbocycles. The standard InChI is InChI=1S/C24H22Cl2N4O4S/c1-16(18-9-6-10-20(13-18)27-24(32)17-7-4-3-5-8-17)28-29-23(31)15-30(35(2,33)34)22-14-19(25)11-12-21(22)26/h3-14H,15H2,1-2H3,(H,27,32)(H,29,31)/b28-16-. The van der Waals surface area contributed by atoms with Crippen molar-refractivity contribution >= 4 is 62.1 Å². The zero-order chi connectivity index (χ0) is 25.6. The molecule has 0 bridgehead atoms. The van der Waals surface area contributed by atoms with Crippen LogP contribution in [0, 0.1) is 0 Å². The van der Waals surface area contributed by atoms with Gasteiger partial charge in [-0.05, 0) is 55.0 Å². The highest BCUT2D eigenvalue weighted by atomic mass is 35.5. The van der Waals surface area contributed by atoms with Crippen molar-refractivity contribution in [1.82, 2.24) is 5.43 Å². The lowest BCUT2D eigenvalue weighted by Gasteiger charge is -2.22. The zero-order valence-electron chi connectivity index (χ0n) is 18.8. The van der Waals surface area contributed by atoms with E-state index in [4.69, 9.17) is 23.2 Å². The number of amides is 2. The summed E-state index contributed by atoms with van der Waals surface area (Å²) >= 11 is 12.1. The molecular weight excluding hydrogens is 511 g/mol. The minimum atomic E-state index is -3.84. The van der Waals surface area contributed by atoms with Crippen LogP contribution in [0.3, 0.4) is 0 Å². The minimum Gasteiger partial charge on any atom is -0.322 e. The fourth-order valence-electron chi connectivity index (χ4n) is 3.05. The molecule has 8 nitrogen and oxygen atoms in total. The van der Waals surface area contributed by atoms with Crippen molar-refractivity contribution < 1.29 is 18.0 Å². The molecule has 0 saturated heterocycles. The lowest BCUT2D eigenvalue weighted by Crippen LogP contribution is -2.39. The van der Waals surface area contributed by atoms with Crippen molar-refractivity contribution in [3.8, 4) is 0 Å². The number of benzene rings is 3. The molecule has 0 heterocycles. The second-order valence-corrected chi connectivity index (χ2v) is 10.2. The van der Waals surface area contributed by atoms with Crippen LogP contribution in [0.1, 0.15) is 22.8 Å². The third-order valence-corrected chi connectivity index (χ3v) is 6.47. The van der Waals surface area contributed by atoms with Gasteiger partial charge in [0.1, 0.15) is 6.54 Å². The number of hydrazone groups is 1. The van der Waals surface area contributed by atoms with E-state index >= 15 is 0 Å². The molecule has 0 saturated carbocycles. The molecule has 2 N–H and O–H groups in total. The third kappa shape index (κ3) is 7.29. The molecule has 0 spiro atoms. The first-order valence-electron chi connectivity index (χ1n) is 10.3. The van der Waals surface area contributed by atoms with Gasteiger partial charge in [0.05, 0.1) is 22.7 Å². The van der Waals surface area contributed by atoms with E-state index in [2.05, 4.69) is 15.8 Å². The predicted octanol–water partition coefficient (Wildman–Crippen LogP) is 4.55. The van der Waals surface area contributed by atoms with Crippen LogP contribution in [-0.4, -0.2) is 38.7 Å². The predicted molar refractivity (Wildman–Crippen MR) is 140 cm³/mol. The van der Waals surface area contributed by atoms with Gasteiger partial charge in [-0.2, -0.15) is 5.10 Å². The first-order chi connectivity index (χ1) is 16.5. The molecule has 2 amide bonds. The van der Waals surface area contributed by atoms with Crippen molar-refractivity contribution in [2.24, 2.45) is 5.10 Å². The molecule has 0 aliphatic rings. The molecule has 0 fully saturated rings. The Kier molecular flexibility index (Phi) is 8.50. The van der Waals surface area contributed by atoms with E-state index < -0.39 is 22.5 Å². The highest BCUT2D eigenvalue weighted by Crippen LogP contribution is 2.30. The highest BCUT2D eigenvalue weighted by Gasteiger charge is 2.23. The van der Waals surface area contributed by atoms with Crippen LogP contribution in [0.4, 0.5) is 11.4 Å². The van der Waals surface area contributed by atoms with Gasteiger partial charge in [0.15, 0.2) is 0 Å². The number of hydrogen-bond donors (Lipinski definition) is 2. The number of nitrogens with zero attached hydrogens (tertiary/aromatic N) is 2. The lowest BCUT2D eigenvalue weighted by atomic mass is 10.1. The molecular formula is C24H22Cl2N4O4S. The fraction of sp³-hybridized carbons (Fsp3) is 0.125. The molecule has 0 unspecified atom stereocenters. The Bertz CT molecular complexity index is 1380. The topological polar surface area (TPSA) is 108 Å². The summed E-state index contributed by atoms with van der Waals surface area (Å²) in [7, 11) is -3.84. The van der Waals surface area contributed by atoms with Crippen LogP contribution < -0.4 is 15.0 Å². The number of anilines is 2. The van der Waals surface area contributed by atoms with E-state index in [9.17, 15) is 18.0 Å². The van der Waals surface area contributed by atoms with Gasteiger partial charge in [-0.3, -0.25) is 13.9 Å². The SMILES string of the molecule is C/C(=N/NC(=O)CN(c1cc(Cl)ccc1Cl)S(C)(=O)=O)c1cccc(NC(=O)c2ccccc2)c1. The summed E-state index contributed by atoms with van der Waals surface area (Å²) in [6, 6.07) is 20.0. The maximum atomic E-state index is 12.5. The number of halogens is 2. The molecule has 3 aromatic rings. The molecule has 0 aliphatic heterocycles. The Morgan fingerprint density at radius 1 is 0.943 bits per heavy atom. The number of sulfonamides is 1. The summed E-state index contributed by atoms with van der Waals surface area (Å²) in [5.41, 5.74) is 4.60.